The van der Waals surface area contributed by atoms with Gasteiger partial charge in [-0.2, -0.15) is 0 Å². The Morgan fingerprint density at radius 3 is 2.38 bits per heavy atom. The predicted octanol–water partition coefficient (Wildman–Crippen LogP) is 1.68. The van der Waals surface area contributed by atoms with E-state index in [0.29, 0.717) is 17.2 Å². The number of aliphatic hydroxyl groups is 1. The van der Waals surface area contributed by atoms with E-state index in [1.807, 2.05) is 0 Å². The SMILES string of the molecule is COC(=O)CN1C(=O)C(O)(CC(=O)c2ccc(OC)c(OC)c2)c2ccccc21. The minimum atomic E-state index is -2.09. The van der Waals surface area contributed by atoms with Gasteiger partial charge in [-0.05, 0) is 24.3 Å². The monoisotopic (exact) mass is 399 g/mol. The van der Waals surface area contributed by atoms with E-state index in [1.165, 1.54) is 33.5 Å². The van der Waals surface area contributed by atoms with Crippen LogP contribution in [0.5, 0.6) is 11.5 Å². The molecule has 1 N–H and O–H groups in total. The summed E-state index contributed by atoms with van der Waals surface area (Å²) in [6, 6.07) is 11.1. The summed E-state index contributed by atoms with van der Waals surface area (Å²) in [5.41, 5.74) is -1.20. The number of carbonyl (C=O) groups is 3. The van der Waals surface area contributed by atoms with Crippen LogP contribution in [-0.4, -0.2) is 50.6 Å². The molecule has 0 bridgehead atoms. The number of benzene rings is 2. The number of anilines is 1. The number of para-hydroxylation sites is 1. The summed E-state index contributed by atoms with van der Waals surface area (Å²) in [5, 5.41) is 11.2. The van der Waals surface area contributed by atoms with Crippen LogP contribution >= 0.6 is 0 Å². The van der Waals surface area contributed by atoms with Gasteiger partial charge in [-0.1, -0.05) is 18.2 Å². The Labute approximate surface area is 167 Å². The quantitative estimate of drug-likeness (QED) is 0.558. The molecule has 0 fully saturated rings. The molecule has 0 aliphatic carbocycles. The van der Waals surface area contributed by atoms with Gasteiger partial charge in [0, 0.05) is 11.1 Å². The van der Waals surface area contributed by atoms with Crippen molar-refractivity contribution in [1.82, 2.24) is 0 Å². The minimum Gasteiger partial charge on any atom is -0.493 e. The van der Waals surface area contributed by atoms with Crippen molar-refractivity contribution in [2.75, 3.05) is 32.8 Å². The summed E-state index contributed by atoms with van der Waals surface area (Å²) in [5.74, 6) is -1.04. The molecule has 1 unspecified atom stereocenters. The second-order valence-electron chi connectivity index (χ2n) is 6.51. The minimum absolute atomic E-state index is 0.257. The van der Waals surface area contributed by atoms with Crippen LogP contribution in [0, 0.1) is 0 Å². The fraction of sp³-hybridized carbons (Fsp3) is 0.286. The fourth-order valence-electron chi connectivity index (χ4n) is 3.37. The predicted molar refractivity (Wildman–Crippen MR) is 103 cm³/mol. The van der Waals surface area contributed by atoms with E-state index in [0.717, 1.165) is 4.90 Å². The Balaban J connectivity index is 1.94. The Morgan fingerprint density at radius 1 is 1.03 bits per heavy atom. The van der Waals surface area contributed by atoms with Crippen molar-refractivity contribution in [3.05, 3.63) is 53.6 Å². The largest absolute Gasteiger partial charge is 0.493 e. The number of ether oxygens (including phenoxy) is 3. The topological polar surface area (TPSA) is 102 Å². The van der Waals surface area contributed by atoms with E-state index in [2.05, 4.69) is 4.74 Å². The number of carbonyl (C=O) groups excluding carboxylic acids is 3. The molecule has 1 aliphatic heterocycles. The van der Waals surface area contributed by atoms with E-state index >= 15 is 0 Å². The molecule has 1 amide bonds. The maximum atomic E-state index is 13.0. The number of fused-ring (bicyclic) bond motifs is 1. The van der Waals surface area contributed by atoms with Gasteiger partial charge in [0.15, 0.2) is 22.9 Å². The van der Waals surface area contributed by atoms with Gasteiger partial charge in [-0.15, -0.1) is 0 Å². The summed E-state index contributed by atoms with van der Waals surface area (Å²) >= 11 is 0. The molecule has 1 heterocycles. The van der Waals surface area contributed by atoms with Crippen molar-refractivity contribution in [1.29, 1.82) is 0 Å². The van der Waals surface area contributed by atoms with Crippen molar-refractivity contribution in [3.63, 3.8) is 0 Å². The molecular formula is C21H21NO7. The Kier molecular flexibility index (Phi) is 5.56. The summed E-state index contributed by atoms with van der Waals surface area (Å²) in [6.45, 7) is -0.362. The number of ketones is 1. The Morgan fingerprint density at radius 2 is 1.72 bits per heavy atom. The average molecular weight is 399 g/mol. The second kappa shape index (κ2) is 7.92. The zero-order valence-electron chi connectivity index (χ0n) is 16.3. The first-order valence-electron chi connectivity index (χ1n) is 8.81. The van der Waals surface area contributed by atoms with Gasteiger partial charge in [0.1, 0.15) is 6.54 Å². The number of amides is 1. The lowest BCUT2D eigenvalue weighted by Gasteiger charge is -2.22. The molecule has 0 saturated carbocycles. The number of rotatable bonds is 7. The third-order valence-electron chi connectivity index (χ3n) is 4.88. The molecule has 0 spiro atoms. The molecule has 152 valence electrons. The molecule has 3 rings (SSSR count). The lowest BCUT2D eigenvalue weighted by Crippen LogP contribution is -2.43. The van der Waals surface area contributed by atoms with Crippen molar-refractivity contribution >= 4 is 23.3 Å². The van der Waals surface area contributed by atoms with Crippen LogP contribution in [0.1, 0.15) is 22.3 Å². The average Bonchev–Trinajstić information content (AvgIpc) is 2.95. The fourth-order valence-corrected chi connectivity index (χ4v) is 3.37. The number of nitrogens with zero attached hydrogens (tertiary/aromatic N) is 1. The zero-order valence-corrected chi connectivity index (χ0v) is 16.3. The second-order valence-corrected chi connectivity index (χ2v) is 6.51. The first-order chi connectivity index (χ1) is 13.8. The van der Waals surface area contributed by atoms with E-state index in [4.69, 9.17) is 9.47 Å². The Hall–Kier alpha value is -3.39. The summed E-state index contributed by atoms with van der Waals surface area (Å²) in [7, 11) is 4.13. The van der Waals surface area contributed by atoms with Crippen molar-refractivity contribution in [3.8, 4) is 11.5 Å². The zero-order chi connectivity index (χ0) is 21.2. The molecule has 8 heteroatoms. The third-order valence-corrected chi connectivity index (χ3v) is 4.88. The molecule has 1 atom stereocenters. The van der Waals surface area contributed by atoms with Gasteiger partial charge in [0.05, 0.1) is 33.4 Å². The summed E-state index contributed by atoms with van der Waals surface area (Å²) in [4.78, 5) is 38.7. The number of methoxy groups -OCH3 is 3. The normalized spacial score (nSPS) is 17.7. The molecule has 8 nitrogen and oxygen atoms in total. The smallest absolute Gasteiger partial charge is 0.325 e. The molecular weight excluding hydrogens is 378 g/mol. The number of esters is 1. The van der Waals surface area contributed by atoms with Gasteiger partial charge < -0.3 is 19.3 Å². The highest BCUT2D eigenvalue weighted by Crippen LogP contribution is 2.43. The van der Waals surface area contributed by atoms with E-state index in [1.54, 1.807) is 30.3 Å². The van der Waals surface area contributed by atoms with Gasteiger partial charge >= 0.3 is 5.97 Å². The summed E-state index contributed by atoms with van der Waals surface area (Å²) < 4.78 is 15.0. The van der Waals surface area contributed by atoms with E-state index < -0.39 is 29.7 Å². The molecule has 0 radical (unpaired) electrons. The van der Waals surface area contributed by atoms with Crippen LogP contribution in [0.2, 0.25) is 0 Å². The number of hydrogen-bond donors (Lipinski definition) is 1. The highest BCUT2D eigenvalue weighted by atomic mass is 16.5. The molecule has 2 aromatic carbocycles. The summed E-state index contributed by atoms with van der Waals surface area (Å²) in [6.07, 6.45) is -0.490. The van der Waals surface area contributed by atoms with E-state index in [9.17, 15) is 19.5 Å². The van der Waals surface area contributed by atoms with Gasteiger partial charge in [-0.3, -0.25) is 19.3 Å². The van der Waals surface area contributed by atoms with Crippen LogP contribution in [-0.2, 0) is 19.9 Å². The van der Waals surface area contributed by atoms with Gasteiger partial charge in [0.25, 0.3) is 5.91 Å². The van der Waals surface area contributed by atoms with Crippen LogP contribution in [0.25, 0.3) is 0 Å². The van der Waals surface area contributed by atoms with Crippen LogP contribution in [0.3, 0.4) is 0 Å². The van der Waals surface area contributed by atoms with Crippen molar-refractivity contribution < 1.29 is 33.7 Å². The van der Waals surface area contributed by atoms with E-state index in [-0.39, 0.29) is 17.7 Å². The third kappa shape index (κ3) is 3.54. The van der Waals surface area contributed by atoms with Crippen LogP contribution < -0.4 is 14.4 Å². The first-order valence-corrected chi connectivity index (χ1v) is 8.81. The van der Waals surface area contributed by atoms with Gasteiger partial charge in [0.2, 0.25) is 0 Å². The highest BCUT2D eigenvalue weighted by Gasteiger charge is 2.51. The lowest BCUT2D eigenvalue weighted by atomic mass is 9.88. The Bertz CT molecular complexity index is 971. The number of hydrogen-bond acceptors (Lipinski definition) is 7. The van der Waals surface area contributed by atoms with Crippen molar-refractivity contribution in [2.24, 2.45) is 0 Å². The first kappa shape index (κ1) is 20.3. The molecule has 0 aromatic heterocycles. The maximum Gasteiger partial charge on any atom is 0.325 e. The molecule has 2 aromatic rings. The molecule has 29 heavy (non-hydrogen) atoms. The number of Topliss-reactive ketones (excluding diaryl/α,β-unsaturated/α-hetero) is 1. The standard InChI is InChI=1S/C21H21NO7/c1-27-17-9-8-13(10-18(17)28-2)16(23)11-21(26)14-6-4-5-7-15(14)22(20(21)25)12-19(24)29-3/h4-10,26H,11-12H2,1-3H3. The van der Waals surface area contributed by atoms with Gasteiger partial charge in [-0.25, -0.2) is 0 Å². The lowest BCUT2D eigenvalue weighted by molar-refractivity contribution is -0.142. The molecule has 0 saturated heterocycles. The highest BCUT2D eigenvalue weighted by molar-refractivity contribution is 6.12. The maximum absolute atomic E-state index is 13.0. The van der Waals surface area contributed by atoms with Crippen LogP contribution in [0.4, 0.5) is 5.69 Å². The van der Waals surface area contributed by atoms with Crippen LogP contribution in [0.15, 0.2) is 42.5 Å². The molecule has 1 aliphatic rings. The van der Waals surface area contributed by atoms with Crippen molar-refractivity contribution in [2.45, 2.75) is 12.0 Å².